The number of halogens is 2. The van der Waals surface area contributed by atoms with E-state index in [0.29, 0.717) is 37.8 Å². The molecular formula is C21H23BrFN3O2. The molecule has 0 atom stereocenters. The first-order chi connectivity index (χ1) is 13.6. The predicted molar refractivity (Wildman–Crippen MR) is 112 cm³/mol. The summed E-state index contributed by atoms with van der Waals surface area (Å²) in [5, 5.41) is 3.24. The van der Waals surface area contributed by atoms with Crippen molar-refractivity contribution in [3.05, 3.63) is 64.5 Å². The molecule has 3 rings (SSSR count). The number of benzene rings is 2. The summed E-state index contributed by atoms with van der Waals surface area (Å²) in [5.41, 5.74) is 2.54. The number of nitrogens with one attached hydrogen (secondary N) is 1. The van der Waals surface area contributed by atoms with Crippen LogP contribution in [0.25, 0.3) is 11.3 Å². The Hall–Kier alpha value is -2.38. The van der Waals surface area contributed by atoms with Gasteiger partial charge >= 0.3 is 0 Å². The molecule has 2 aromatic carbocycles. The topological polar surface area (TPSA) is 48.3 Å². The fraction of sp³-hybridized carbons (Fsp3) is 0.286. The SMILES string of the molecule is CCOc1ccc(-c2cnc(NCc3c(F)cccc3Br)n2CCOC)cc1. The van der Waals surface area contributed by atoms with Crippen LogP contribution in [-0.4, -0.2) is 29.9 Å². The molecule has 0 fully saturated rings. The molecular weight excluding hydrogens is 425 g/mol. The zero-order valence-electron chi connectivity index (χ0n) is 15.9. The number of rotatable bonds is 9. The van der Waals surface area contributed by atoms with Crippen molar-refractivity contribution in [3.8, 4) is 17.0 Å². The van der Waals surface area contributed by atoms with E-state index in [-0.39, 0.29) is 5.82 Å². The average molecular weight is 448 g/mol. The largest absolute Gasteiger partial charge is 0.494 e. The van der Waals surface area contributed by atoms with E-state index in [4.69, 9.17) is 9.47 Å². The number of nitrogens with zero attached hydrogens (tertiary/aromatic N) is 2. The van der Waals surface area contributed by atoms with Gasteiger partial charge < -0.3 is 19.4 Å². The fourth-order valence-electron chi connectivity index (χ4n) is 2.91. The van der Waals surface area contributed by atoms with Crippen LogP contribution in [0.5, 0.6) is 5.75 Å². The molecule has 0 aliphatic carbocycles. The van der Waals surface area contributed by atoms with Gasteiger partial charge in [-0.2, -0.15) is 0 Å². The average Bonchev–Trinajstić information content (AvgIpc) is 3.09. The molecule has 0 amide bonds. The van der Waals surface area contributed by atoms with Gasteiger partial charge in [-0.15, -0.1) is 0 Å². The highest BCUT2D eigenvalue weighted by Crippen LogP contribution is 2.27. The molecule has 1 N–H and O–H groups in total. The van der Waals surface area contributed by atoms with Crippen molar-refractivity contribution in [1.82, 2.24) is 9.55 Å². The minimum Gasteiger partial charge on any atom is -0.494 e. The Morgan fingerprint density at radius 2 is 1.96 bits per heavy atom. The Kier molecular flexibility index (Phi) is 7.06. The third-order valence-corrected chi connectivity index (χ3v) is 5.06. The van der Waals surface area contributed by atoms with E-state index in [0.717, 1.165) is 21.5 Å². The van der Waals surface area contributed by atoms with E-state index >= 15 is 0 Å². The van der Waals surface area contributed by atoms with Gasteiger partial charge in [0, 0.05) is 35.8 Å². The van der Waals surface area contributed by atoms with Crippen molar-refractivity contribution < 1.29 is 13.9 Å². The second-order valence-corrected chi connectivity index (χ2v) is 6.98. The molecule has 0 radical (unpaired) electrons. The van der Waals surface area contributed by atoms with Crippen molar-refractivity contribution in [3.63, 3.8) is 0 Å². The lowest BCUT2D eigenvalue weighted by Gasteiger charge is -2.14. The Bertz CT molecular complexity index is 892. The fourth-order valence-corrected chi connectivity index (χ4v) is 3.40. The van der Waals surface area contributed by atoms with Crippen molar-refractivity contribution in [2.45, 2.75) is 20.0 Å². The number of hydrogen-bond donors (Lipinski definition) is 1. The quantitative estimate of drug-likeness (QED) is 0.495. The van der Waals surface area contributed by atoms with E-state index in [9.17, 15) is 4.39 Å². The Morgan fingerprint density at radius 3 is 2.64 bits per heavy atom. The molecule has 0 aliphatic rings. The summed E-state index contributed by atoms with van der Waals surface area (Å²) in [4.78, 5) is 4.51. The summed E-state index contributed by atoms with van der Waals surface area (Å²) >= 11 is 3.40. The minimum absolute atomic E-state index is 0.261. The maximum Gasteiger partial charge on any atom is 0.203 e. The summed E-state index contributed by atoms with van der Waals surface area (Å²) in [6.45, 7) is 4.07. The van der Waals surface area contributed by atoms with Gasteiger partial charge in [-0.1, -0.05) is 22.0 Å². The molecule has 0 saturated carbocycles. The third kappa shape index (κ3) is 4.72. The highest BCUT2D eigenvalue weighted by molar-refractivity contribution is 9.10. The lowest BCUT2D eigenvalue weighted by atomic mass is 10.1. The van der Waals surface area contributed by atoms with Crippen LogP contribution in [0.4, 0.5) is 10.3 Å². The Morgan fingerprint density at radius 1 is 1.18 bits per heavy atom. The van der Waals surface area contributed by atoms with Gasteiger partial charge in [0.2, 0.25) is 5.95 Å². The molecule has 5 nitrogen and oxygen atoms in total. The van der Waals surface area contributed by atoms with Crippen molar-refractivity contribution in [1.29, 1.82) is 0 Å². The number of imidazole rings is 1. The Labute approximate surface area is 172 Å². The van der Waals surface area contributed by atoms with Gasteiger partial charge in [-0.05, 0) is 43.3 Å². The van der Waals surface area contributed by atoms with Gasteiger partial charge in [0.25, 0.3) is 0 Å². The molecule has 3 aromatic rings. The van der Waals surface area contributed by atoms with Crippen LogP contribution < -0.4 is 10.1 Å². The second kappa shape index (κ2) is 9.71. The lowest BCUT2D eigenvalue weighted by molar-refractivity contribution is 0.188. The van der Waals surface area contributed by atoms with Crippen LogP contribution in [0.3, 0.4) is 0 Å². The molecule has 1 heterocycles. The van der Waals surface area contributed by atoms with Gasteiger partial charge in [-0.25, -0.2) is 9.37 Å². The maximum atomic E-state index is 14.1. The first kappa shape index (κ1) is 20.4. The Balaban J connectivity index is 1.85. The number of aromatic nitrogens is 2. The van der Waals surface area contributed by atoms with E-state index < -0.39 is 0 Å². The standard InChI is InChI=1S/C21H23BrFN3O2/c1-3-28-16-9-7-15(8-10-16)20-14-25-21(26(20)11-12-27-2)24-13-17-18(22)5-4-6-19(17)23/h4-10,14H,3,11-13H2,1-2H3,(H,24,25). The second-order valence-electron chi connectivity index (χ2n) is 6.12. The molecule has 0 saturated heterocycles. The van der Waals surface area contributed by atoms with Crippen molar-refractivity contribution in [2.24, 2.45) is 0 Å². The third-order valence-electron chi connectivity index (χ3n) is 4.32. The monoisotopic (exact) mass is 447 g/mol. The van der Waals surface area contributed by atoms with E-state index in [1.807, 2.05) is 48.0 Å². The van der Waals surface area contributed by atoms with Crippen molar-refractivity contribution in [2.75, 3.05) is 25.6 Å². The zero-order valence-corrected chi connectivity index (χ0v) is 17.5. The van der Waals surface area contributed by atoms with Gasteiger partial charge in [0.15, 0.2) is 0 Å². The molecule has 148 valence electrons. The van der Waals surface area contributed by atoms with Crippen LogP contribution in [0.15, 0.2) is 53.1 Å². The number of methoxy groups -OCH3 is 1. The molecule has 7 heteroatoms. The normalized spacial score (nSPS) is 10.9. The summed E-state index contributed by atoms with van der Waals surface area (Å²) < 4.78 is 27.6. The number of anilines is 1. The van der Waals surface area contributed by atoms with Crippen molar-refractivity contribution >= 4 is 21.9 Å². The highest BCUT2D eigenvalue weighted by atomic mass is 79.9. The minimum atomic E-state index is -0.261. The van der Waals surface area contributed by atoms with Gasteiger partial charge in [0.05, 0.1) is 25.1 Å². The van der Waals surface area contributed by atoms with Crippen LogP contribution in [-0.2, 0) is 17.8 Å². The summed E-state index contributed by atoms with van der Waals surface area (Å²) in [6.07, 6.45) is 1.81. The van der Waals surface area contributed by atoms with Crippen LogP contribution in [0.1, 0.15) is 12.5 Å². The zero-order chi connectivity index (χ0) is 19.9. The van der Waals surface area contributed by atoms with Crippen LogP contribution in [0.2, 0.25) is 0 Å². The summed E-state index contributed by atoms with van der Waals surface area (Å²) in [5.74, 6) is 1.23. The smallest absolute Gasteiger partial charge is 0.203 e. The van der Waals surface area contributed by atoms with Gasteiger partial charge in [0.1, 0.15) is 11.6 Å². The van der Waals surface area contributed by atoms with Crippen LogP contribution in [0, 0.1) is 5.82 Å². The van der Waals surface area contributed by atoms with E-state index in [2.05, 4.69) is 26.2 Å². The predicted octanol–water partition coefficient (Wildman–Crippen LogP) is 5.11. The molecule has 0 unspecified atom stereocenters. The number of ether oxygens (including phenoxy) is 2. The lowest BCUT2D eigenvalue weighted by Crippen LogP contribution is -2.12. The van der Waals surface area contributed by atoms with E-state index in [1.54, 1.807) is 13.2 Å². The van der Waals surface area contributed by atoms with Crippen LogP contribution >= 0.6 is 15.9 Å². The molecule has 0 bridgehead atoms. The molecule has 0 aliphatic heterocycles. The van der Waals surface area contributed by atoms with Gasteiger partial charge in [-0.3, -0.25) is 0 Å². The first-order valence-electron chi connectivity index (χ1n) is 9.08. The maximum absolute atomic E-state index is 14.1. The highest BCUT2D eigenvalue weighted by Gasteiger charge is 2.13. The molecule has 1 aromatic heterocycles. The summed E-state index contributed by atoms with van der Waals surface area (Å²) in [6, 6.07) is 12.8. The summed E-state index contributed by atoms with van der Waals surface area (Å²) in [7, 11) is 1.66. The number of hydrogen-bond acceptors (Lipinski definition) is 4. The molecule has 0 spiro atoms. The molecule has 28 heavy (non-hydrogen) atoms. The van der Waals surface area contributed by atoms with E-state index in [1.165, 1.54) is 6.07 Å². The first-order valence-corrected chi connectivity index (χ1v) is 9.87.